The molecule has 2 aliphatic heterocycles. The maximum Gasteiger partial charge on any atom is 0.325 e. The van der Waals surface area contributed by atoms with E-state index in [1.165, 1.54) is 116 Å². The Hall–Kier alpha value is -13.5. The van der Waals surface area contributed by atoms with Gasteiger partial charge in [0.1, 0.15) is 82.2 Å². The van der Waals surface area contributed by atoms with Crippen molar-refractivity contribution in [3.8, 4) is 0 Å². The number of carboxylic acids is 1. The number of carboxylic acid groups (broad SMARTS) is 1. The minimum absolute atomic E-state index is 0. The fourth-order valence-electron chi connectivity index (χ4n) is 14.9. The third-order valence-corrected chi connectivity index (χ3v) is 26.9. The predicted octanol–water partition coefficient (Wildman–Crippen LogP) is 16.2. The van der Waals surface area contributed by atoms with Gasteiger partial charge in [-0.05, 0) is 179 Å². The number of thioether (sulfide) groups is 3. The minimum atomic E-state index is -1.20. The van der Waals surface area contributed by atoms with Gasteiger partial charge in [0.05, 0.1) is 24.3 Å². The number of esters is 2. The van der Waals surface area contributed by atoms with Gasteiger partial charge in [-0.25, -0.2) is 24.9 Å². The summed E-state index contributed by atoms with van der Waals surface area (Å²) in [6.07, 6.45) is 13.2. The topological polar surface area (TPSA) is 453 Å². The molecule has 148 heavy (non-hydrogen) atoms. The average molecular weight is 2220 g/mol. The van der Waals surface area contributed by atoms with Crippen LogP contribution in [0.1, 0.15) is 107 Å². The van der Waals surface area contributed by atoms with Crippen molar-refractivity contribution in [2.45, 2.75) is 101 Å². The lowest BCUT2D eigenvalue weighted by Gasteiger charge is -2.45. The summed E-state index contributed by atoms with van der Waals surface area (Å²) in [5, 5.41) is 32.4. The van der Waals surface area contributed by atoms with E-state index in [0.29, 0.717) is 97.5 Å². The first kappa shape index (κ1) is 115. The second kappa shape index (κ2) is 52.9. The first-order chi connectivity index (χ1) is 70.2. The minimum Gasteiger partial charge on any atom is -0.480 e. The van der Waals surface area contributed by atoms with Crippen molar-refractivity contribution < 1.29 is 57.7 Å². The highest BCUT2D eigenvalue weighted by atomic mass is 35.5. The van der Waals surface area contributed by atoms with Gasteiger partial charge in [-0.2, -0.15) is 0 Å². The number of aliphatic carboxylic acids is 1. The van der Waals surface area contributed by atoms with Gasteiger partial charge in [-0.15, -0.1) is 47.7 Å². The van der Waals surface area contributed by atoms with E-state index in [9.17, 15) is 72.2 Å². The number of amides is 6. The number of nitrogens with zero attached hydrogens (tertiary/aromatic N) is 10. The zero-order valence-electron chi connectivity index (χ0n) is 80.6. The first-order valence-electron chi connectivity index (χ1n) is 44.7. The molecule has 12 heterocycles. The molecule has 0 radical (unpaired) electrons. The number of pyridine rings is 10. The Morgan fingerprint density at radius 3 is 0.912 bits per heavy atom. The molecule has 0 bridgehead atoms. The van der Waals surface area contributed by atoms with Crippen LogP contribution in [0.4, 0.5) is 0 Å². The summed E-state index contributed by atoms with van der Waals surface area (Å²) < 4.78 is 13.9. The number of rotatable bonds is 26. The number of benzene rings is 5. The molecule has 17 rings (SSSR count). The molecule has 8 N–H and O–H groups in total. The molecule has 0 aliphatic carbocycles. The standard InChI is InChI=1S/C24H25ClN4O3S.C20H18ClN3O4S.C19H15Cl2N3O4.C19H16ClN3O4S.C16H11Cl2N3O2.C5H11N.ClH/c1-24(2)13-28(14-24)20(30)12-29-21-17(19(33-3)8-9-26-21)10-18(23(29)32)22(31)27-11-15-4-6-16(25)7-5-15;1-28-17(25)11-24-18-14(16(29-2)7-8-22-18)9-15(20(24)27)19(26)23-10-12-3-5-13(21)6-4-12;1-28-16(25)10-24-17-13(15(21)6-7-22-17)8-14(19(24)27)18(26)23-9-11-2-4-12(20)5-3-11;1-28-15-6-7-21-17-13(15)8-14(19(27)23(17)10-16(24)25)18(26)22-9-11-2-4-12(20)5-3-11;17-10-3-1-9(2-4-10)8-20-15(22)12-7-11-13(18)5-6-19-14(11)21-16(12)23;1-5(2)3-6-4-5;/h4-10H,11-14H2,1-3H3,(H,27,31);3-9H,10-11H2,1-2H3,(H,23,26);2-8H,9-10H2,1H3,(H,23,26);2-8H,9-10H2,1H3,(H,22,26)(H,24,25);1-7H,8H2,(H,20,22)(H,19,21,23);6H,3-4H2,1-2H3;1H. The van der Waals surface area contributed by atoms with Gasteiger partial charge in [0.25, 0.3) is 57.3 Å². The van der Waals surface area contributed by atoms with Crippen molar-refractivity contribution in [3.63, 3.8) is 0 Å². The van der Waals surface area contributed by atoms with Crippen molar-refractivity contribution >= 4 is 237 Å². The fraction of sp³-hybridized carbons (Fsp3) is 0.233. The van der Waals surface area contributed by atoms with Crippen LogP contribution in [-0.4, -0.2) is 171 Å². The summed E-state index contributed by atoms with van der Waals surface area (Å²) in [4.78, 5) is 203. The van der Waals surface area contributed by atoms with Gasteiger partial charge in [0.2, 0.25) is 5.91 Å². The Kier molecular flexibility index (Phi) is 41.0. The monoisotopic (exact) mass is 2220 g/mol. The van der Waals surface area contributed by atoms with E-state index in [4.69, 9.17) is 81.2 Å². The summed E-state index contributed by atoms with van der Waals surface area (Å²) in [5.41, 5.74) is 2.97. The van der Waals surface area contributed by atoms with Gasteiger partial charge in [-0.3, -0.25) is 85.4 Å². The molecule has 15 aromatic rings. The molecule has 45 heteroatoms. The van der Waals surface area contributed by atoms with Gasteiger partial charge >= 0.3 is 17.9 Å². The number of hydrogen-bond acceptors (Lipinski definition) is 25. The lowest BCUT2D eigenvalue weighted by molar-refractivity contribution is -0.142. The summed E-state index contributed by atoms with van der Waals surface area (Å²) in [7, 11) is 2.44. The lowest BCUT2D eigenvalue weighted by Crippen LogP contribution is -2.56. The summed E-state index contributed by atoms with van der Waals surface area (Å²) in [5.74, 6) is -5.32. The van der Waals surface area contributed by atoms with Crippen LogP contribution < -0.4 is 59.7 Å². The Labute approximate surface area is 899 Å². The molecule has 770 valence electrons. The summed E-state index contributed by atoms with van der Waals surface area (Å²) in [6, 6.07) is 50.9. The molecule has 0 spiro atoms. The number of aromatic amines is 1. The number of H-pyrrole nitrogens is 1. The van der Waals surface area contributed by atoms with E-state index in [0.717, 1.165) is 56.2 Å². The van der Waals surface area contributed by atoms with E-state index >= 15 is 0 Å². The molecular weight excluding hydrogens is 2130 g/mol. The van der Waals surface area contributed by atoms with E-state index in [-0.39, 0.29) is 109 Å². The van der Waals surface area contributed by atoms with Crippen LogP contribution in [0, 0.1) is 10.8 Å². The quantitative estimate of drug-likeness (QED) is 0.0184. The van der Waals surface area contributed by atoms with Crippen molar-refractivity contribution in [2.75, 3.05) is 59.2 Å². The second-order valence-electron chi connectivity index (χ2n) is 34.4. The number of halogens is 8. The van der Waals surface area contributed by atoms with Crippen molar-refractivity contribution in [1.82, 2.24) is 85.0 Å². The van der Waals surface area contributed by atoms with Crippen molar-refractivity contribution in [1.29, 1.82) is 0 Å². The molecule has 6 amide bonds. The number of likely N-dealkylation sites (tertiary alicyclic amines) is 1. The number of aromatic nitrogens is 10. The zero-order valence-corrected chi connectivity index (χ0v) is 89.2. The van der Waals surface area contributed by atoms with Crippen molar-refractivity contribution in [2.24, 2.45) is 10.8 Å². The SMILES string of the molecule is CC1(C)CNC1.COC(=O)Cn1c(=O)c(C(=O)NCc2ccc(Cl)cc2)cc2c(Cl)ccnc21.COC(=O)Cn1c(=O)c(C(=O)NCc2ccc(Cl)cc2)cc2c(SC)ccnc21.CSc1ccnc2c1cc(C(=O)NCc1ccc(Cl)cc1)c(=O)n2CC(=O)N1CC(C)(C)C1.CSc1ccnc2c1cc(C(=O)NCc1ccc(Cl)cc1)c(=O)n2CC(=O)O.Cl.O=C(NCc1ccc(Cl)cc1)c1cc2c(Cl)ccnc2[nH]c1=O. The van der Waals surface area contributed by atoms with Crippen LogP contribution in [0.25, 0.3) is 55.2 Å². The van der Waals surface area contributed by atoms with E-state index in [1.807, 2.05) is 37.0 Å². The van der Waals surface area contributed by atoms with E-state index in [1.54, 1.807) is 151 Å². The van der Waals surface area contributed by atoms with E-state index in [2.05, 4.69) is 99.0 Å². The smallest absolute Gasteiger partial charge is 0.325 e. The molecular formula is C103H97Cl8N17O17S3. The highest BCUT2D eigenvalue weighted by molar-refractivity contribution is 7.99. The molecule has 2 aliphatic rings. The van der Waals surface area contributed by atoms with Gasteiger partial charge in [-0.1, -0.05) is 170 Å². The van der Waals surface area contributed by atoms with Crippen molar-refractivity contribution in [3.05, 3.63) is 356 Å². The number of nitrogens with one attached hydrogen (secondary N) is 7. The van der Waals surface area contributed by atoms with Gasteiger partial charge < -0.3 is 56.4 Å². The van der Waals surface area contributed by atoms with Gasteiger partial charge in [0, 0.05) is 157 Å². The van der Waals surface area contributed by atoms with Crippen LogP contribution in [-0.2, 0) is 87.6 Å². The number of hydrogen-bond donors (Lipinski definition) is 8. The third kappa shape index (κ3) is 30.2. The normalized spacial score (nSPS) is 12.3. The number of fused-ring (bicyclic) bond motifs is 5. The lowest BCUT2D eigenvalue weighted by atomic mass is 9.84. The molecule has 0 saturated carbocycles. The summed E-state index contributed by atoms with van der Waals surface area (Å²) in [6.45, 7) is 12.1. The van der Waals surface area contributed by atoms with Crippen LogP contribution in [0.5, 0.6) is 0 Å². The highest BCUT2D eigenvalue weighted by Crippen LogP contribution is 2.33. The second-order valence-corrected chi connectivity index (χ2v) is 40.0. The molecule has 34 nitrogen and oxygen atoms in total. The highest BCUT2D eigenvalue weighted by Gasteiger charge is 2.38. The van der Waals surface area contributed by atoms with E-state index < -0.39 is 88.3 Å². The predicted molar refractivity (Wildman–Crippen MR) is 581 cm³/mol. The Bertz CT molecular complexity index is 7820. The number of carbonyl (C=O) groups excluding carboxylic acids is 8. The molecule has 0 unspecified atom stereocenters. The number of methoxy groups -OCH3 is 2. The molecule has 2 saturated heterocycles. The maximum atomic E-state index is 13.3. The average Bonchev–Trinajstić information content (AvgIpc) is 0.748. The molecule has 10 aromatic heterocycles. The van der Waals surface area contributed by atoms with Crippen LogP contribution in [0.2, 0.25) is 35.2 Å². The summed E-state index contributed by atoms with van der Waals surface area (Å²) >= 11 is 45.9. The molecule has 5 aromatic carbocycles. The zero-order chi connectivity index (χ0) is 106. The van der Waals surface area contributed by atoms with Crippen LogP contribution >= 0.6 is 129 Å². The third-order valence-electron chi connectivity index (χ3n) is 22.6. The molecule has 2 fully saturated rings. The Morgan fingerprint density at radius 1 is 0.365 bits per heavy atom. The van der Waals surface area contributed by atoms with Gasteiger partial charge in [0.15, 0.2) is 0 Å². The van der Waals surface area contributed by atoms with Crippen LogP contribution in [0.15, 0.2) is 252 Å². The van der Waals surface area contributed by atoms with Crippen LogP contribution in [0.3, 0.4) is 0 Å². The first-order valence-corrected chi connectivity index (χ1v) is 51.0. The fourth-order valence-corrected chi connectivity index (χ4v) is 17.6. The number of carbonyl (C=O) groups is 9. The maximum absolute atomic E-state index is 13.3. The number of ether oxygens (including phenoxy) is 2. The Balaban J connectivity index is 0.000000173. The Morgan fingerprint density at radius 2 is 0.628 bits per heavy atom. The molecule has 0 atom stereocenters. The largest absolute Gasteiger partial charge is 0.480 e.